The van der Waals surface area contributed by atoms with Gasteiger partial charge < -0.3 is 5.32 Å². The highest BCUT2D eigenvalue weighted by atomic mass is 32.2. The molecule has 0 saturated heterocycles. The van der Waals surface area contributed by atoms with Crippen molar-refractivity contribution in [3.8, 4) is 0 Å². The third kappa shape index (κ3) is 6.32. The third-order valence-electron chi connectivity index (χ3n) is 5.09. The van der Waals surface area contributed by atoms with Crippen LogP contribution in [0, 0.1) is 20.8 Å². The molecule has 29 heavy (non-hydrogen) atoms. The Balaban J connectivity index is 2.01. The number of aryl methyl sites for hydroxylation is 3. The summed E-state index contributed by atoms with van der Waals surface area (Å²) >= 11 is 0. The van der Waals surface area contributed by atoms with Crippen molar-refractivity contribution in [1.29, 1.82) is 0 Å². The molecule has 1 N–H and O–H groups in total. The molecule has 0 radical (unpaired) electrons. The molecular weight excluding hydrogens is 384 g/mol. The number of anilines is 1. The van der Waals surface area contributed by atoms with E-state index >= 15 is 0 Å². The molecule has 0 aliphatic rings. The molecule has 1 atom stereocenters. The lowest BCUT2D eigenvalue weighted by Gasteiger charge is -2.24. The number of hydrogen-bond donors (Lipinski definition) is 1. The summed E-state index contributed by atoms with van der Waals surface area (Å²) in [5.41, 5.74) is 5.05. The summed E-state index contributed by atoms with van der Waals surface area (Å²) in [6, 6.07) is 13.6. The maximum atomic E-state index is 12.5. The number of hydrogen-bond acceptors (Lipinski definition) is 3. The number of para-hydroxylation sites is 1. The molecule has 1 amide bonds. The van der Waals surface area contributed by atoms with Gasteiger partial charge in [-0.25, -0.2) is 8.42 Å². The first-order valence-electron chi connectivity index (χ1n) is 10.0. The Morgan fingerprint density at radius 2 is 1.76 bits per heavy atom. The molecule has 2 rings (SSSR count). The lowest BCUT2D eigenvalue weighted by Crippen LogP contribution is -2.33. The molecule has 0 aromatic heterocycles. The smallest absolute Gasteiger partial charge is 0.232 e. The van der Waals surface area contributed by atoms with Crippen LogP contribution in [0.15, 0.2) is 42.5 Å². The van der Waals surface area contributed by atoms with Crippen LogP contribution in [-0.2, 0) is 14.8 Å². The van der Waals surface area contributed by atoms with Crippen LogP contribution in [0.3, 0.4) is 0 Å². The second-order valence-corrected chi connectivity index (χ2v) is 9.52. The number of nitrogens with one attached hydrogen (secondary N) is 1. The fraction of sp³-hybridized carbons (Fsp3) is 0.435. The zero-order valence-electron chi connectivity index (χ0n) is 18.0. The summed E-state index contributed by atoms with van der Waals surface area (Å²) in [5, 5.41) is 3.10. The topological polar surface area (TPSA) is 66.5 Å². The Hall–Kier alpha value is -2.34. The van der Waals surface area contributed by atoms with Crippen LogP contribution in [-0.4, -0.2) is 27.1 Å². The summed E-state index contributed by atoms with van der Waals surface area (Å²) in [5.74, 6) is -0.0601. The molecule has 2 aromatic carbocycles. The summed E-state index contributed by atoms with van der Waals surface area (Å²) < 4.78 is 25.9. The number of rotatable bonds is 9. The zero-order chi connectivity index (χ0) is 21.6. The van der Waals surface area contributed by atoms with E-state index in [1.54, 1.807) is 6.07 Å². The highest BCUT2D eigenvalue weighted by Gasteiger charge is 2.20. The first-order chi connectivity index (χ1) is 13.6. The van der Waals surface area contributed by atoms with E-state index in [1.165, 1.54) is 21.7 Å². The molecule has 0 spiro atoms. The standard InChI is InChI=1S/C23H32N2O3S/c1-6-21(20-14-13-17(2)16-19(20)4)24-23(26)12-9-15-25(29(5,27)28)22-11-8-7-10-18(22)3/h7-8,10-11,13-14,16,21H,6,9,12,15H2,1-5H3,(H,24,26)/t21-/m1/s1. The molecule has 0 heterocycles. The molecule has 0 aliphatic heterocycles. The zero-order valence-corrected chi connectivity index (χ0v) is 18.8. The van der Waals surface area contributed by atoms with Crippen molar-refractivity contribution < 1.29 is 13.2 Å². The van der Waals surface area contributed by atoms with E-state index in [0.29, 0.717) is 12.1 Å². The number of amides is 1. The van der Waals surface area contributed by atoms with E-state index in [0.717, 1.165) is 17.5 Å². The number of sulfonamides is 1. The van der Waals surface area contributed by atoms with Crippen LogP contribution < -0.4 is 9.62 Å². The minimum absolute atomic E-state index is 0.0366. The Bertz CT molecular complexity index is 954. The van der Waals surface area contributed by atoms with Gasteiger partial charge in [0.2, 0.25) is 15.9 Å². The van der Waals surface area contributed by atoms with Gasteiger partial charge in [0.15, 0.2) is 0 Å². The lowest BCUT2D eigenvalue weighted by molar-refractivity contribution is -0.121. The normalized spacial score (nSPS) is 12.4. The molecule has 5 nitrogen and oxygen atoms in total. The largest absolute Gasteiger partial charge is 0.349 e. The minimum Gasteiger partial charge on any atom is -0.349 e. The summed E-state index contributed by atoms with van der Waals surface area (Å²) in [6.45, 7) is 8.32. The third-order valence-corrected chi connectivity index (χ3v) is 6.27. The molecule has 0 bridgehead atoms. The Kier molecular flexibility index (Phi) is 7.85. The van der Waals surface area contributed by atoms with Crippen LogP contribution in [0.4, 0.5) is 5.69 Å². The van der Waals surface area contributed by atoms with Crippen molar-refractivity contribution in [3.63, 3.8) is 0 Å². The van der Waals surface area contributed by atoms with Gasteiger partial charge >= 0.3 is 0 Å². The predicted octanol–water partition coefficient (Wildman–Crippen LogP) is 4.43. The second kappa shape index (κ2) is 9.92. The highest BCUT2D eigenvalue weighted by molar-refractivity contribution is 7.92. The van der Waals surface area contributed by atoms with Gasteiger partial charge in [0.1, 0.15) is 0 Å². The van der Waals surface area contributed by atoms with Gasteiger partial charge in [0.05, 0.1) is 18.0 Å². The fourth-order valence-corrected chi connectivity index (χ4v) is 4.60. The average Bonchev–Trinajstić information content (AvgIpc) is 2.64. The molecule has 6 heteroatoms. The van der Waals surface area contributed by atoms with E-state index in [-0.39, 0.29) is 24.9 Å². The summed E-state index contributed by atoms with van der Waals surface area (Å²) in [4.78, 5) is 12.5. The molecular formula is C23H32N2O3S. The van der Waals surface area contributed by atoms with Crippen molar-refractivity contribution in [2.45, 2.75) is 53.0 Å². The van der Waals surface area contributed by atoms with Crippen molar-refractivity contribution in [3.05, 3.63) is 64.7 Å². The average molecular weight is 417 g/mol. The van der Waals surface area contributed by atoms with Crippen molar-refractivity contribution in [1.82, 2.24) is 5.32 Å². The van der Waals surface area contributed by atoms with Crippen LogP contribution in [0.2, 0.25) is 0 Å². The Morgan fingerprint density at radius 3 is 2.34 bits per heavy atom. The van der Waals surface area contributed by atoms with Gasteiger partial charge in [-0.2, -0.15) is 0 Å². The van der Waals surface area contributed by atoms with E-state index < -0.39 is 10.0 Å². The van der Waals surface area contributed by atoms with E-state index in [2.05, 4.69) is 37.4 Å². The van der Waals surface area contributed by atoms with Gasteiger partial charge in [0.25, 0.3) is 0 Å². The number of benzene rings is 2. The minimum atomic E-state index is -3.42. The van der Waals surface area contributed by atoms with Gasteiger partial charge in [-0.15, -0.1) is 0 Å². The molecule has 0 saturated carbocycles. The highest BCUT2D eigenvalue weighted by Crippen LogP contribution is 2.24. The van der Waals surface area contributed by atoms with Crippen molar-refractivity contribution >= 4 is 21.6 Å². The van der Waals surface area contributed by atoms with Gasteiger partial charge in [-0.3, -0.25) is 9.10 Å². The molecule has 0 aliphatic carbocycles. The number of carbonyl (C=O) groups is 1. The quantitative estimate of drug-likeness (QED) is 0.658. The maximum absolute atomic E-state index is 12.5. The lowest BCUT2D eigenvalue weighted by atomic mass is 9.97. The first kappa shape index (κ1) is 22.9. The fourth-order valence-electron chi connectivity index (χ4n) is 3.57. The number of nitrogens with zero attached hydrogens (tertiary/aromatic N) is 1. The van der Waals surface area contributed by atoms with Crippen LogP contribution >= 0.6 is 0 Å². The van der Waals surface area contributed by atoms with Crippen molar-refractivity contribution in [2.75, 3.05) is 17.1 Å². The second-order valence-electron chi connectivity index (χ2n) is 7.61. The summed E-state index contributed by atoms with van der Waals surface area (Å²) in [6.07, 6.45) is 2.73. The van der Waals surface area contributed by atoms with Gasteiger partial charge in [-0.05, 0) is 56.4 Å². The molecule has 0 unspecified atom stereocenters. The maximum Gasteiger partial charge on any atom is 0.232 e. The Labute approximate surface area is 175 Å². The van der Waals surface area contributed by atoms with Crippen LogP contribution in [0.1, 0.15) is 54.5 Å². The molecule has 2 aromatic rings. The Morgan fingerprint density at radius 1 is 1.07 bits per heavy atom. The first-order valence-corrected chi connectivity index (χ1v) is 11.9. The van der Waals surface area contributed by atoms with Crippen molar-refractivity contribution in [2.24, 2.45) is 0 Å². The van der Waals surface area contributed by atoms with Crippen LogP contribution in [0.5, 0.6) is 0 Å². The van der Waals surface area contributed by atoms with E-state index in [1.807, 2.05) is 32.0 Å². The number of carbonyl (C=O) groups excluding carboxylic acids is 1. The predicted molar refractivity (Wildman–Crippen MR) is 120 cm³/mol. The van der Waals surface area contributed by atoms with E-state index in [9.17, 15) is 13.2 Å². The SMILES string of the molecule is CC[C@@H](NC(=O)CCCN(c1ccccc1C)S(C)(=O)=O)c1ccc(C)cc1C. The summed E-state index contributed by atoms with van der Waals surface area (Å²) in [7, 11) is -3.42. The monoisotopic (exact) mass is 416 g/mol. The molecule has 0 fully saturated rings. The van der Waals surface area contributed by atoms with Crippen LogP contribution in [0.25, 0.3) is 0 Å². The van der Waals surface area contributed by atoms with E-state index in [4.69, 9.17) is 0 Å². The van der Waals surface area contributed by atoms with Gasteiger partial charge in [-0.1, -0.05) is 48.9 Å². The van der Waals surface area contributed by atoms with Gasteiger partial charge in [0, 0.05) is 13.0 Å². The molecule has 158 valence electrons.